The van der Waals surface area contributed by atoms with Gasteiger partial charge in [0, 0.05) is 40.3 Å². The van der Waals surface area contributed by atoms with Gasteiger partial charge in [0.15, 0.2) is 0 Å². The van der Waals surface area contributed by atoms with Crippen molar-refractivity contribution in [2.45, 2.75) is 68.6 Å². The number of ether oxygens (including phenoxy) is 1. The average Bonchev–Trinajstić information content (AvgIpc) is 3.11. The van der Waals surface area contributed by atoms with Crippen molar-refractivity contribution in [3.8, 4) is 18.1 Å². The molecule has 43 heavy (non-hydrogen) atoms. The lowest BCUT2D eigenvalue weighted by Crippen LogP contribution is -2.52. The zero-order valence-electron chi connectivity index (χ0n) is 25.0. The number of hydrogen-bond donors (Lipinski definition) is 2. The van der Waals surface area contributed by atoms with Gasteiger partial charge in [-0.05, 0) is 111 Å². The van der Waals surface area contributed by atoms with Crippen molar-refractivity contribution in [2.24, 2.45) is 17.8 Å². The summed E-state index contributed by atoms with van der Waals surface area (Å²) in [6.07, 6.45) is 14.9. The summed E-state index contributed by atoms with van der Waals surface area (Å²) in [5, 5.41) is 12.0. The van der Waals surface area contributed by atoms with Crippen LogP contribution in [0.5, 0.6) is 5.75 Å². The van der Waals surface area contributed by atoms with Crippen molar-refractivity contribution in [1.29, 1.82) is 0 Å². The largest absolute Gasteiger partial charge is 0.490 e. The first-order valence-corrected chi connectivity index (χ1v) is 17.5. The Hall–Kier alpha value is -2.92. The van der Waals surface area contributed by atoms with Gasteiger partial charge >= 0.3 is 0 Å². The first-order valence-electron chi connectivity index (χ1n) is 15.3. The number of aryl methyl sites for hydroxylation is 1. The number of nitrogens with zero attached hydrogens (tertiary/aromatic N) is 1. The van der Waals surface area contributed by atoms with Gasteiger partial charge < -0.3 is 14.7 Å². The highest BCUT2D eigenvalue weighted by Crippen LogP contribution is 2.48. The molecule has 2 aromatic carbocycles. The fourth-order valence-corrected chi connectivity index (χ4v) is 9.20. The number of carbonyl (C=O) groups is 1. The second-order valence-corrected chi connectivity index (χ2v) is 16.0. The molecule has 2 aliphatic heterocycles. The number of benzene rings is 2. The number of aliphatic hydroxyl groups is 1. The molecule has 1 spiro atoms. The summed E-state index contributed by atoms with van der Waals surface area (Å²) in [7, 11) is -2.97. The van der Waals surface area contributed by atoms with E-state index in [4.69, 9.17) is 22.8 Å². The number of nitrogens with one attached hydrogen (secondary N) is 1. The summed E-state index contributed by atoms with van der Waals surface area (Å²) < 4.78 is 23.0. The molecule has 6 nitrogen and oxygen atoms in total. The second-order valence-electron chi connectivity index (χ2n) is 13.2. The van der Waals surface area contributed by atoms with Crippen molar-refractivity contribution in [3.63, 3.8) is 0 Å². The van der Waals surface area contributed by atoms with Crippen molar-refractivity contribution in [3.05, 3.63) is 70.3 Å². The van der Waals surface area contributed by atoms with Gasteiger partial charge in [0.1, 0.15) is 11.4 Å². The summed E-state index contributed by atoms with van der Waals surface area (Å²) in [6, 6.07) is 11.6. The van der Waals surface area contributed by atoms with Gasteiger partial charge in [0.25, 0.3) is 5.91 Å². The van der Waals surface area contributed by atoms with Gasteiger partial charge in [0.2, 0.25) is 0 Å². The number of halogens is 1. The molecule has 1 amide bonds. The van der Waals surface area contributed by atoms with E-state index in [-0.39, 0.29) is 23.2 Å². The zero-order chi connectivity index (χ0) is 30.6. The fourth-order valence-electron chi connectivity index (χ4n) is 7.52. The third-order valence-electron chi connectivity index (χ3n) is 10.5. The summed E-state index contributed by atoms with van der Waals surface area (Å²) in [4.78, 5) is 15.9. The molecule has 2 N–H and O–H groups in total. The number of hydrogen-bond acceptors (Lipinski definition) is 5. The smallest absolute Gasteiger partial charge is 0.262 e. The Kier molecular flexibility index (Phi) is 7.86. The van der Waals surface area contributed by atoms with E-state index in [1.807, 2.05) is 38.1 Å². The predicted molar refractivity (Wildman–Crippen MR) is 175 cm³/mol. The molecule has 0 aromatic heterocycles. The minimum absolute atomic E-state index is 0.0611. The van der Waals surface area contributed by atoms with Crippen LogP contribution in [0.15, 0.2) is 48.6 Å². The van der Waals surface area contributed by atoms with E-state index in [2.05, 4.69) is 33.5 Å². The Balaban J connectivity index is 1.45. The molecule has 1 fully saturated rings. The lowest BCUT2D eigenvalue weighted by atomic mass is 9.64. The molecule has 0 saturated heterocycles. The van der Waals surface area contributed by atoms with Crippen molar-refractivity contribution in [2.75, 3.05) is 24.6 Å². The highest BCUT2D eigenvalue weighted by atomic mass is 35.5. The van der Waals surface area contributed by atoms with Crippen LogP contribution in [0.1, 0.15) is 67.4 Å². The fraction of sp³-hybridized carbons (Fsp3) is 0.486. The highest BCUT2D eigenvalue weighted by Gasteiger charge is 2.47. The second kappa shape index (κ2) is 11.2. The lowest BCUT2D eigenvalue weighted by molar-refractivity contribution is -0.00308. The number of rotatable bonds is 0. The molecule has 228 valence electrons. The van der Waals surface area contributed by atoms with Crippen LogP contribution in [0.2, 0.25) is 5.02 Å². The lowest BCUT2D eigenvalue weighted by Gasteiger charge is -2.47. The van der Waals surface area contributed by atoms with Gasteiger partial charge in [-0.15, -0.1) is 6.42 Å². The molecule has 0 radical (unpaired) electrons. The average molecular weight is 621 g/mol. The molecule has 4 aliphatic rings. The van der Waals surface area contributed by atoms with E-state index in [0.717, 1.165) is 42.8 Å². The van der Waals surface area contributed by atoms with Crippen LogP contribution in [0.25, 0.3) is 0 Å². The molecule has 1 saturated carbocycles. The summed E-state index contributed by atoms with van der Waals surface area (Å²) in [5.74, 6) is 6.92. The maximum Gasteiger partial charge on any atom is 0.262 e. The maximum atomic E-state index is 13.7. The van der Waals surface area contributed by atoms with Gasteiger partial charge in [-0.3, -0.25) is 9.52 Å². The molecule has 8 heteroatoms. The van der Waals surface area contributed by atoms with Crippen LogP contribution in [-0.2, 0) is 21.5 Å². The van der Waals surface area contributed by atoms with E-state index in [9.17, 15) is 14.1 Å². The third kappa shape index (κ3) is 5.47. The molecular formula is C35H41ClN2O4S. The molecule has 1 unspecified atom stereocenters. The van der Waals surface area contributed by atoms with Crippen LogP contribution < -0.4 is 14.4 Å². The van der Waals surface area contributed by atoms with Crippen LogP contribution in [-0.4, -0.2) is 51.6 Å². The molecule has 6 rings (SSSR count). The Bertz CT molecular complexity index is 1610. The standard InChI is InChI=1S/C35H41ClN2O4S/c1-5-35(40)17-6-8-23(2)24(3)43(4,41)37-33(39)26-11-15-32-31(19-26)38(20-27-10-13-30(27)35)21-34(22-42-32)16-7-9-25-18-28(36)12-14-29(25)34/h1,6,11-12,14-15,17-19,23-24,27,30,40H,4,7-10,13,16,20-22H2,2-3H3,(H,37,39,41)/b17-6+/t23-,24+,27-,30+,34-,35+,43?/m0/s1. The maximum absolute atomic E-state index is 13.7. The third-order valence-corrected chi connectivity index (χ3v) is 12.9. The number of fused-ring (bicyclic) bond motifs is 4. The zero-order valence-corrected chi connectivity index (χ0v) is 26.6. The first-order chi connectivity index (χ1) is 20.4. The Morgan fingerprint density at radius 2 is 2.05 bits per heavy atom. The topological polar surface area (TPSA) is 78.9 Å². The van der Waals surface area contributed by atoms with Gasteiger partial charge in [0.05, 0.1) is 22.0 Å². The van der Waals surface area contributed by atoms with Crippen LogP contribution in [0, 0.1) is 30.1 Å². The van der Waals surface area contributed by atoms with Crippen molar-refractivity contribution >= 4 is 38.8 Å². The Labute approximate surface area is 261 Å². The number of amides is 1. The van der Waals surface area contributed by atoms with E-state index in [0.29, 0.717) is 37.4 Å². The molecule has 2 bridgehead atoms. The SMILES string of the molecule is C#C[C@@]1(O)/C=C/C[C@H](C)[C@@H](C)S(=C)(=O)NC(=O)c2ccc3c(c2)N(C[C@@H]2CC[C@H]21)C[C@@]1(CCCc2cc(Cl)ccc21)CO3. The van der Waals surface area contributed by atoms with Crippen molar-refractivity contribution in [1.82, 2.24) is 4.72 Å². The predicted octanol–water partition coefficient (Wildman–Crippen LogP) is 5.55. The van der Waals surface area contributed by atoms with Crippen LogP contribution in [0.4, 0.5) is 5.69 Å². The van der Waals surface area contributed by atoms with E-state index < -0.39 is 26.5 Å². The van der Waals surface area contributed by atoms with E-state index in [1.165, 1.54) is 11.1 Å². The number of anilines is 1. The quantitative estimate of drug-likeness (QED) is 0.229. The van der Waals surface area contributed by atoms with E-state index >= 15 is 0 Å². The molecule has 2 aromatic rings. The van der Waals surface area contributed by atoms with Crippen molar-refractivity contribution < 1.29 is 18.8 Å². The molecule has 2 heterocycles. The minimum atomic E-state index is -2.97. The minimum Gasteiger partial charge on any atom is -0.490 e. The summed E-state index contributed by atoms with van der Waals surface area (Å²) >= 11 is 6.41. The van der Waals surface area contributed by atoms with Crippen LogP contribution in [0.3, 0.4) is 0 Å². The molecule has 2 aliphatic carbocycles. The van der Waals surface area contributed by atoms with E-state index in [1.54, 1.807) is 12.1 Å². The summed E-state index contributed by atoms with van der Waals surface area (Å²) in [6.45, 7) is 5.67. The Morgan fingerprint density at radius 1 is 1.23 bits per heavy atom. The van der Waals surface area contributed by atoms with Crippen LogP contribution >= 0.6 is 11.6 Å². The highest BCUT2D eigenvalue weighted by molar-refractivity contribution is 7.99. The number of carbonyl (C=O) groups excluding carboxylic acids is 1. The Morgan fingerprint density at radius 3 is 2.79 bits per heavy atom. The van der Waals surface area contributed by atoms with Gasteiger partial charge in [-0.2, -0.15) is 0 Å². The summed E-state index contributed by atoms with van der Waals surface area (Å²) in [5.41, 5.74) is 2.10. The first kappa shape index (κ1) is 30.1. The van der Waals surface area contributed by atoms with Gasteiger partial charge in [-0.25, -0.2) is 4.21 Å². The monoisotopic (exact) mass is 620 g/mol. The molecule has 7 atom stereocenters. The normalized spacial score (nSPS) is 36.5. The van der Waals surface area contributed by atoms with Gasteiger partial charge in [-0.1, -0.05) is 36.6 Å². The number of allylic oxidation sites excluding steroid dienone is 1. The molecular weight excluding hydrogens is 580 g/mol. The number of terminal acetylenes is 1.